The molecule has 1 aliphatic heterocycles. The molecule has 0 bridgehead atoms. The molecule has 1 aliphatic rings. The van der Waals surface area contributed by atoms with Crippen LogP contribution in [0.25, 0.3) is 0 Å². The van der Waals surface area contributed by atoms with E-state index in [9.17, 15) is 18.4 Å². The highest BCUT2D eigenvalue weighted by Crippen LogP contribution is 2.26. The number of hydrogen-bond donors (Lipinski definition) is 1. The number of amides is 2. The van der Waals surface area contributed by atoms with Gasteiger partial charge in [-0.1, -0.05) is 6.07 Å². The summed E-state index contributed by atoms with van der Waals surface area (Å²) < 4.78 is 26.3. The molecule has 1 N–H and O–H groups in total. The van der Waals surface area contributed by atoms with Crippen LogP contribution in [0.1, 0.15) is 16.9 Å². The summed E-state index contributed by atoms with van der Waals surface area (Å²) in [6.45, 7) is 0.647. The number of nitrogens with zero attached hydrogens (tertiary/aromatic N) is 2. The monoisotopic (exact) mass is 331 g/mol. The number of benzene rings is 1. The highest BCUT2D eigenvalue weighted by molar-refractivity contribution is 5.96. The van der Waals surface area contributed by atoms with Gasteiger partial charge in [-0.15, -0.1) is 0 Å². The van der Waals surface area contributed by atoms with E-state index in [0.717, 1.165) is 12.1 Å². The molecule has 1 unspecified atom stereocenters. The van der Waals surface area contributed by atoms with Crippen LogP contribution in [0.15, 0.2) is 42.6 Å². The van der Waals surface area contributed by atoms with Crippen molar-refractivity contribution in [2.45, 2.75) is 6.42 Å². The number of nitrogens with one attached hydrogen (secondary N) is 1. The van der Waals surface area contributed by atoms with Gasteiger partial charge in [0.15, 0.2) is 11.6 Å². The first-order chi connectivity index (χ1) is 11.5. The fourth-order valence-corrected chi connectivity index (χ4v) is 2.65. The molecule has 24 heavy (non-hydrogen) atoms. The van der Waals surface area contributed by atoms with E-state index < -0.39 is 11.6 Å². The van der Waals surface area contributed by atoms with Gasteiger partial charge in [0.05, 0.1) is 0 Å². The molecule has 0 radical (unpaired) electrons. The smallest absolute Gasteiger partial charge is 0.269 e. The van der Waals surface area contributed by atoms with E-state index in [0.29, 0.717) is 24.5 Å². The second-order valence-corrected chi connectivity index (χ2v) is 5.60. The molecule has 1 aromatic carbocycles. The molecule has 3 rings (SSSR count). The molecule has 0 spiro atoms. The maximum absolute atomic E-state index is 13.3. The predicted molar refractivity (Wildman–Crippen MR) is 83.4 cm³/mol. The van der Waals surface area contributed by atoms with Crippen molar-refractivity contribution in [2.24, 2.45) is 5.92 Å². The minimum Gasteiger partial charge on any atom is -0.350 e. The lowest BCUT2D eigenvalue weighted by Crippen LogP contribution is -2.31. The van der Waals surface area contributed by atoms with E-state index in [4.69, 9.17) is 0 Å². The third kappa shape index (κ3) is 3.40. The second-order valence-electron chi connectivity index (χ2n) is 5.60. The molecule has 1 atom stereocenters. The molecule has 2 amide bonds. The van der Waals surface area contributed by atoms with E-state index in [1.54, 1.807) is 18.2 Å². The van der Waals surface area contributed by atoms with Crippen LogP contribution in [-0.4, -0.2) is 29.9 Å². The van der Waals surface area contributed by atoms with Crippen molar-refractivity contribution >= 4 is 17.5 Å². The van der Waals surface area contributed by atoms with Gasteiger partial charge in [0.2, 0.25) is 5.91 Å². The summed E-state index contributed by atoms with van der Waals surface area (Å²) in [5, 5.41) is 2.74. The van der Waals surface area contributed by atoms with Crippen LogP contribution >= 0.6 is 0 Å². The Morgan fingerprint density at radius 1 is 1.25 bits per heavy atom. The van der Waals surface area contributed by atoms with Crippen molar-refractivity contribution in [1.29, 1.82) is 0 Å². The number of pyridine rings is 1. The van der Waals surface area contributed by atoms with Crippen LogP contribution < -0.4 is 10.2 Å². The summed E-state index contributed by atoms with van der Waals surface area (Å²) in [6, 6.07) is 8.39. The highest BCUT2D eigenvalue weighted by atomic mass is 19.2. The zero-order chi connectivity index (χ0) is 17.1. The number of halogens is 2. The number of rotatable bonds is 4. The third-order valence-electron chi connectivity index (χ3n) is 3.87. The minimum atomic E-state index is -0.993. The van der Waals surface area contributed by atoms with Crippen LogP contribution in [0.2, 0.25) is 0 Å². The summed E-state index contributed by atoms with van der Waals surface area (Å²) >= 11 is 0. The summed E-state index contributed by atoms with van der Waals surface area (Å²) in [6.07, 6.45) is 1.76. The second kappa shape index (κ2) is 6.74. The standard InChI is InChI=1S/C17H15F2N3O2/c18-13-5-4-12(8-14(13)19)22-10-11(7-16(22)23)9-21-17(24)15-3-1-2-6-20-15/h1-6,8,11H,7,9-10H2,(H,21,24). The van der Waals surface area contributed by atoms with Crippen molar-refractivity contribution in [3.05, 3.63) is 59.9 Å². The SMILES string of the molecule is O=C(NCC1CC(=O)N(c2ccc(F)c(F)c2)C1)c1ccccn1. The van der Waals surface area contributed by atoms with Gasteiger partial charge < -0.3 is 10.2 Å². The lowest BCUT2D eigenvalue weighted by molar-refractivity contribution is -0.117. The Bertz CT molecular complexity index is 768. The summed E-state index contributed by atoms with van der Waals surface area (Å²) in [5.74, 6) is -2.54. The Labute approximate surface area is 137 Å². The van der Waals surface area contributed by atoms with Gasteiger partial charge >= 0.3 is 0 Å². The molecular weight excluding hydrogens is 316 g/mol. The largest absolute Gasteiger partial charge is 0.350 e. The molecule has 124 valence electrons. The molecule has 1 fully saturated rings. The van der Waals surface area contributed by atoms with Crippen LogP contribution in [0.3, 0.4) is 0 Å². The molecule has 1 aromatic heterocycles. The predicted octanol–water partition coefficient (Wildman–Crippen LogP) is 2.14. The summed E-state index contributed by atoms with van der Waals surface area (Å²) in [5.41, 5.74) is 0.622. The lowest BCUT2D eigenvalue weighted by Gasteiger charge is -2.17. The highest BCUT2D eigenvalue weighted by Gasteiger charge is 2.31. The zero-order valence-electron chi connectivity index (χ0n) is 12.7. The first-order valence-corrected chi connectivity index (χ1v) is 7.49. The van der Waals surface area contributed by atoms with Gasteiger partial charge in [-0.25, -0.2) is 8.78 Å². The number of carbonyl (C=O) groups is 2. The third-order valence-corrected chi connectivity index (χ3v) is 3.87. The van der Waals surface area contributed by atoms with E-state index in [1.165, 1.54) is 17.2 Å². The first kappa shape index (κ1) is 16.0. The van der Waals surface area contributed by atoms with Crippen LogP contribution in [0.5, 0.6) is 0 Å². The Kier molecular flexibility index (Phi) is 4.50. The molecule has 0 saturated carbocycles. The molecule has 2 aromatic rings. The lowest BCUT2D eigenvalue weighted by atomic mass is 10.1. The average molecular weight is 331 g/mol. The molecule has 5 nitrogen and oxygen atoms in total. The molecule has 2 heterocycles. The van der Waals surface area contributed by atoms with E-state index in [1.807, 2.05) is 0 Å². The molecule has 7 heteroatoms. The molecular formula is C17H15F2N3O2. The quantitative estimate of drug-likeness (QED) is 0.934. The minimum absolute atomic E-state index is 0.0988. The maximum Gasteiger partial charge on any atom is 0.269 e. The topological polar surface area (TPSA) is 62.3 Å². The van der Waals surface area contributed by atoms with Gasteiger partial charge in [0, 0.05) is 43.4 Å². The van der Waals surface area contributed by atoms with Crippen molar-refractivity contribution in [2.75, 3.05) is 18.0 Å². The van der Waals surface area contributed by atoms with Gasteiger partial charge in [-0.3, -0.25) is 14.6 Å². The number of carbonyl (C=O) groups excluding carboxylic acids is 2. The number of hydrogen-bond acceptors (Lipinski definition) is 3. The van der Waals surface area contributed by atoms with Gasteiger partial charge in [-0.05, 0) is 24.3 Å². The number of aromatic nitrogens is 1. The van der Waals surface area contributed by atoms with Crippen molar-refractivity contribution in [3.63, 3.8) is 0 Å². The van der Waals surface area contributed by atoms with Crippen LogP contribution in [-0.2, 0) is 4.79 Å². The van der Waals surface area contributed by atoms with E-state index >= 15 is 0 Å². The van der Waals surface area contributed by atoms with Gasteiger partial charge in [-0.2, -0.15) is 0 Å². The van der Waals surface area contributed by atoms with Crippen LogP contribution in [0, 0.1) is 17.6 Å². The fourth-order valence-electron chi connectivity index (χ4n) is 2.65. The average Bonchev–Trinajstić information content (AvgIpc) is 2.97. The number of anilines is 1. The summed E-state index contributed by atoms with van der Waals surface area (Å²) in [4.78, 5) is 29.4. The molecule has 1 saturated heterocycles. The Hall–Kier alpha value is -2.83. The first-order valence-electron chi connectivity index (χ1n) is 7.49. The summed E-state index contributed by atoms with van der Waals surface area (Å²) in [7, 11) is 0. The van der Waals surface area contributed by atoms with E-state index in [2.05, 4.69) is 10.3 Å². The van der Waals surface area contributed by atoms with Crippen molar-refractivity contribution in [1.82, 2.24) is 10.3 Å². The van der Waals surface area contributed by atoms with Crippen LogP contribution in [0.4, 0.5) is 14.5 Å². The van der Waals surface area contributed by atoms with Crippen molar-refractivity contribution in [3.8, 4) is 0 Å². The van der Waals surface area contributed by atoms with Crippen molar-refractivity contribution < 1.29 is 18.4 Å². The Morgan fingerprint density at radius 3 is 2.79 bits per heavy atom. The molecule has 0 aliphatic carbocycles. The normalized spacial score (nSPS) is 17.2. The Morgan fingerprint density at radius 2 is 2.08 bits per heavy atom. The fraction of sp³-hybridized carbons (Fsp3) is 0.235. The van der Waals surface area contributed by atoms with Gasteiger partial charge in [0.1, 0.15) is 5.69 Å². The van der Waals surface area contributed by atoms with E-state index in [-0.39, 0.29) is 24.2 Å². The van der Waals surface area contributed by atoms with Gasteiger partial charge in [0.25, 0.3) is 5.91 Å². The zero-order valence-corrected chi connectivity index (χ0v) is 12.7. The maximum atomic E-state index is 13.3. The Balaban J connectivity index is 1.60.